The number of unbranched alkanes of at least 4 members (excludes halogenated alkanes) is 1. The third-order valence-corrected chi connectivity index (χ3v) is 6.54. The molecule has 0 unspecified atom stereocenters. The second kappa shape index (κ2) is 17.5. The van der Waals surface area contributed by atoms with Gasteiger partial charge in [0.25, 0.3) is 5.91 Å². The molecule has 0 atom stereocenters. The van der Waals surface area contributed by atoms with E-state index in [9.17, 15) is 9.59 Å². The Bertz CT molecular complexity index is 1220. The molecule has 0 bridgehead atoms. The molecule has 7 heteroatoms. The van der Waals surface area contributed by atoms with Crippen LogP contribution in [0.4, 0.5) is 5.13 Å². The fraction of sp³-hybridized carbons (Fsp3) is 0.485. The first-order chi connectivity index (χ1) is 18.9. The molecule has 0 spiro atoms. The van der Waals surface area contributed by atoms with Crippen molar-refractivity contribution in [1.82, 2.24) is 14.9 Å². The van der Waals surface area contributed by atoms with Crippen LogP contribution in [0.25, 0.3) is 11.3 Å². The van der Waals surface area contributed by atoms with Gasteiger partial charge in [-0.05, 0) is 51.8 Å². The molecule has 0 saturated heterocycles. The summed E-state index contributed by atoms with van der Waals surface area (Å²) in [5, 5.41) is 8.68. The van der Waals surface area contributed by atoms with E-state index in [1.807, 2.05) is 46.6 Å². The van der Waals surface area contributed by atoms with Gasteiger partial charge >= 0.3 is 0 Å². The summed E-state index contributed by atoms with van der Waals surface area (Å²) in [7, 11) is 0. The number of carbonyl (C=O) groups excluding carboxylic acids is 2. The highest BCUT2D eigenvalue weighted by atomic mass is 32.1. The van der Waals surface area contributed by atoms with E-state index >= 15 is 0 Å². The Kier molecular flexibility index (Phi) is 15.2. The molecule has 0 fully saturated rings. The van der Waals surface area contributed by atoms with Crippen molar-refractivity contribution in [3.63, 3.8) is 0 Å². The summed E-state index contributed by atoms with van der Waals surface area (Å²) in [6, 6.07) is 7.76. The van der Waals surface area contributed by atoms with Crippen molar-refractivity contribution in [3.8, 4) is 11.3 Å². The number of nitrogens with zero attached hydrogens (tertiary/aromatic N) is 2. The van der Waals surface area contributed by atoms with E-state index < -0.39 is 0 Å². The second-order valence-corrected chi connectivity index (χ2v) is 11.7. The van der Waals surface area contributed by atoms with E-state index in [0.29, 0.717) is 16.4 Å². The van der Waals surface area contributed by atoms with Crippen LogP contribution in [0.15, 0.2) is 54.3 Å². The van der Waals surface area contributed by atoms with Crippen molar-refractivity contribution in [1.29, 1.82) is 0 Å². The van der Waals surface area contributed by atoms with Gasteiger partial charge in [-0.15, -0.1) is 11.3 Å². The molecule has 2 aromatic heterocycles. The van der Waals surface area contributed by atoms with Gasteiger partial charge < -0.3 is 15.2 Å². The number of thiazole rings is 1. The first kappa shape index (κ1) is 34.8. The van der Waals surface area contributed by atoms with Crippen LogP contribution < -0.4 is 10.6 Å². The monoisotopic (exact) mass is 566 g/mol. The van der Waals surface area contributed by atoms with Gasteiger partial charge in [-0.3, -0.25) is 9.59 Å². The zero-order chi connectivity index (χ0) is 30.3. The standard InChI is InChI=1S/C26H32N4O2S.C4H10.C3H8/c1-7-8-19-9-10-20(13-22(19)18(3)31)23-16-33-25(29-23)28-17(2)14-27-24(32)21-11-12-30(15-21)26(4,5)6;1-3-4-2;1-3-2/h9-13,15-16H,2,7-8,14H2,1,3-6H3,(H,27,32)(H,28,29);3-4H2,1-2H3;3H2,1-2H3. The van der Waals surface area contributed by atoms with Gasteiger partial charge in [0.15, 0.2) is 10.9 Å². The first-order valence-electron chi connectivity index (χ1n) is 14.4. The predicted octanol–water partition coefficient (Wildman–Crippen LogP) is 9.10. The number of aromatic nitrogens is 2. The highest BCUT2D eigenvalue weighted by Gasteiger charge is 2.16. The summed E-state index contributed by atoms with van der Waals surface area (Å²) in [4.78, 5) is 29.2. The SMILES string of the molecule is C=C(CNC(=O)c1ccn(C(C)(C)C)c1)Nc1nc(-c2ccc(CCC)c(C(C)=O)c2)cs1.CCC.CCCC. The van der Waals surface area contributed by atoms with Crippen LogP contribution >= 0.6 is 11.3 Å². The lowest BCUT2D eigenvalue weighted by atomic mass is 9.97. The zero-order valence-electron chi connectivity index (χ0n) is 26.1. The minimum absolute atomic E-state index is 0.0656. The van der Waals surface area contributed by atoms with Gasteiger partial charge in [0.05, 0.1) is 17.8 Å². The maximum absolute atomic E-state index is 12.5. The molecule has 2 heterocycles. The number of ketones is 1. The highest BCUT2D eigenvalue weighted by molar-refractivity contribution is 7.14. The second-order valence-electron chi connectivity index (χ2n) is 10.8. The van der Waals surface area contributed by atoms with Crippen molar-refractivity contribution in [3.05, 3.63) is 71.0 Å². The Hall–Kier alpha value is -3.19. The van der Waals surface area contributed by atoms with E-state index in [1.54, 1.807) is 6.92 Å². The number of nitrogens with one attached hydrogen (secondary N) is 2. The van der Waals surface area contributed by atoms with Crippen molar-refractivity contribution in [2.24, 2.45) is 0 Å². The van der Waals surface area contributed by atoms with Crippen LogP contribution in [-0.4, -0.2) is 27.8 Å². The quantitative estimate of drug-likeness (QED) is 0.240. The van der Waals surface area contributed by atoms with Gasteiger partial charge in [-0.2, -0.15) is 0 Å². The normalized spacial score (nSPS) is 10.5. The summed E-state index contributed by atoms with van der Waals surface area (Å²) in [5.74, 6) is -0.0828. The molecular formula is C33H50N4O2S. The van der Waals surface area contributed by atoms with E-state index in [2.05, 4.69) is 77.6 Å². The van der Waals surface area contributed by atoms with Gasteiger partial charge in [0.2, 0.25) is 0 Å². The van der Waals surface area contributed by atoms with E-state index in [0.717, 1.165) is 35.2 Å². The fourth-order valence-corrected chi connectivity index (χ4v) is 4.21. The van der Waals surface area contributed by atoms with Crippen molar-refractivity contribution >= 4 is 28.2 Å². The predicted molar refractivity (Wildman–Crippen MR) is 173 cm³/mol. The van der Waals surface area contributed by atoms with E-state index in [1.165, 1.54) is 30.6 Å². The summed E-state index contributed by atoms with van der Waals surface area (Å²) in [6.45, 7) is 22.9. The molecule has 0 aliphatic rings. The summed E-state index contributed by atoms with van der Waals surface area (Å²) >= 11 is 1.45. The number of rotatable bonds is 10. The number of benzene rings is 1. The average molecular weight is 567 g/mol. The van der Waals surface area contributed by atoms with Crippen LogP contribution in [0.2, 0.25) is 0 Å². The van der Waals surface area contributed by atoms with Crippen molar-refractivity contribution < 1.29 is 9.59 Å². The number of aryl methyl sites for hydroxylation is 1. The average Bonchev–Trinajstić information content (AvgIpc) is 3.59. The van der Waals surface area contributed by atoms with Crippen molar-refractivity contribution in [2.45, 2.75) is 100.0 Å². The molecule has 0 saturated carbocycles. The molecule has 6 nitrogen and oxygen atoms in total. The van der Waals surface area contributed by atoms with Crippen LogP contribution in [-0.2, 0) is 12.0 Å². The molecular weight excluding hydrogens is 516 g/mol. The minimum atomic E-state index is -0.148. The Morgan fingerprint density at radius 3 is 2.20 bits per heavy atom. The van der Waals surface area contributed by atoms with Gasteiger partial charge in [0.1, 0.15) is 0 Å². The maximum atomic E-state index is 12.5. The van der Waals surface area contributed by atoms with Crippen LogP contribution in [0.5, 0.6) is 0 Å². The molecule has 1 amide bonds. The van der Waals surface area contributed by atoms with Crippen LogP contribution in [0.1, 0.15) is 114 Å². The van der Waals surface area contributed by atoms with Crippen LogP contribution in [0.3, 0.4) is 0 Å². The highest BCUT2D eigenvalue weighted by Crippen LogP contribution is 2.28. The Morgan fingerprint density at radius 1 is 1.02 bits per heavy atom. The van der Waals surface area contributed by atoms with Gasteiger partial charge in [0, 0.05) is 40.1 Å². The zero-order valence-corrected chi connectivity index (χ0v) is 26.9. The number of amides is 1. The molecule has 1 aromatic carbocycles. The lowest BCUT2D eigenvalue weighted by Gasteiger charge is -2.20. The number of carbonyl (C=O) groups is 2. The van der Waals surface area contributed by atoms with Gasteiger partial charge in [-0.1, -0.05) is 79.0 Å². The maximum Gasteiger partial charge on any atom is 0.253 e. The molecule has 2 N–H and O–H groups in total. The lowest BCUT2D eigenvalue weighted by Crippen LogP contribution is -2.27. The van der Waals surface area contributed by atoms with E-state index in [-0.39, 0.29) is 23.8 Å². The van der Waals surface area contributed by atoms with Crippen molar-refractivity contribution in [2.75, 3.05) is 11.9 Å². The minimum Gasteiger partial charge on any atom is -0.348 e. The molecule has 220 valence electrons. The Morgan fingerprint density at radius 2 is 1.68 bits per heavy atom. The summed E-state index contributed by atoms with van der Waals surface area (Å²) < 4.78 is 2.01. The first-order valence-corrected chi connectivity index (χ1v) is 15.3. The third-order valence-electron chi connectivity index (χ3n) is 5.78. The molecule has 0 aliphatic carbocycles. The molecule has 0 radical (unpaired) electrons. The number of Topliss-reactive ketones (excluding diaryl/α,β-unsaturated/α-hetero) is 1. The smallest absolute Gasteiger partial charge is 0.253 e. The molecule has 3 rings (SSSR count). The topological polar surface area (TPSA) is 76.0 Å². The number of hydrogen-bond donors (Lipinski definition) is 2. The lowest BCUT2D eigenvalue weighted by molar-refractivity contribution is 0.0955. The Balaban J connectivity index is 0.00000103. The number of anilines is 1. The largest absolute Gasteiger partial charge is 0.348 e. The van der Waals surface area contributed by atoms with E-state index in [4.69, 9.17) is 0 Å². The molecule has 0 aliphatic heterocycles. The summed E-state index contributed by atoms with van der Waals surface area (Å²) in [5.41, 5.74) is 4.71. The fourth-order valence-electron chi connectivity index (χ4n) is 3.45. The third kappa shape index (κ3) is 11.5. The van der Waals surface area contributed by atoms with Gasteiger partial charge in [-0.25, -0.2) is 4.98 Å². The van der Waals surface area contributed by atoms with Crippen LogP contribution in [0, 0.1) is 0 Å². The summed E-state index contributed by atoms with van der Waals surface area (Å²) in [6.07, 6.45) is 9.52. The Labute approximate surface area is 246 Å². The molecule has 3 aromatic rings. The number of hydrogen-bond acceptors (Lipinski definition) is 5. The molecule has 40 heavy (non-hydrogen) atoms.